The fourth-order valence-corrected chi connectivity index (χ4v) is 3.41. The maximum atomic E-state index is 12.5. The Labute approximate surface area is 162 Å². The lowest BCUT2D eigenvalue weighted by atomic mass is 10.1. The van der Waals surface area contributed by atoms with E-state index in [4.69, 9.17) is 11.6 Å². The average Bonchev–Trinajstić information content (AvgIpc) is 2.70. The van der Waals surface area contributed by atoms with E-state index in [1.165, 1.54) is 5.56 Å². The third-order valence-electron chi connectivity index (χ3n) is 4.71. The molecule has 4 rings (SSSR count). The second-order valence-corrected chi connectivity index (χ2v) is 6.96. The highest BCUT2D eigenvalue weighted by atomic mass is 35.5. The zero-order valence-electron chi connectivity index (χ0n) is 14.8. The van der Waals surface area contributed by atoms with Gasteiger partial charge in [-0.15, -0.1) is 0 Å². The minimum absolute atomic E-state index is 0.108. The van der Waals surface area contributed by atoms with Gasteiger partial charge in [-0.3, -0.25) is 14.9 Å². The highest BCUT2D eigenvalue weighted by Gasteiger charge is 2.21. The maximum Gasteiger partial charge on any atom is 0.321 e. The van der Waals surface area contributed by atoms with Crippen LogP contribution in [0, 0.1) is 0 Å². The number of nitrogens with one attached hydrogen (secondary N) is 1. The Hall–Kier alpha value is -2.70. The number of carbonyl (C=O) groups excluding carboxylic acids is 1. The molecule has 6 nitrogen and oxygen atoms in total. The number of amides is 2. The van der Waals surface area contributed by atoms with Gasteiger partial charge in [0, 0.05) is 45.1 Å². The molecule has 1 saturated heterocycles. The Bertz CT molecular complexity index is 956. The van der Waals surface area contributed by atoms with Gasteiger partial charge in [0.15, 0.2) is 0 Å². The first-order chi connectivity index (χ1) is 13.2. The van der Waals surface area contributed by atoms with Crippen LogP contribution in [0.5, 0.6) is 0 Å². The van der Waals surface area contributed by atoms with Crippen LogP contribution in [-0.4, -0.2) is 52.0 Å². The van der Waals surface area contributed by atoms with Gasteiger partial charge in [-0.05, 0) is 29.8 Å². The van der Waals surface area contributed by atoms with Gasteiger partial charge in [-0.25, -0.2) is 4.79 Å². The largest absolute Gasteiger partial charge is 0.322 e. The van der Waals surface area contributed by atoms with Crippen LogP contribution in [0.4, 0.5) is 10.5 Å². The molecule has 1 aliphatic rings. The Kier molecular flexibility index (Phi) is 5.18. The molecule has 2 heterocycles. The summed E-state index contributed by atoms with van der Waals surface area (Å²) in [5.74, 6) is 0. The van der Waals surface area contributed by atoms with Crippen molar-refractivity contribution >= 4 is 34.4 Å². The van der Waals surface area contributed by atoms with E-state index in [2.05, 4.69) is 32.3 Å². The molecular weight excluding hydrogens is 362 g/mol. The average molecular weight is 382 g/mol. The van der Waals surface area contributed by atoms with Crippen molar-refractivity contribution in [3.05, 3.63) is 65.4 Å². The maximum absolute atomic E-state index is 12.5. The number of benzene rings is 2. The second-order valence-electron chi connectivity index (χ2n) is 6.55. The van der Waals surface area contributed by atoms with Crippen molar-refractivity contribution in [3.63, 3.8) is 0 Å². The zero-order chi connectivity index (χ0) is 18.6. The van der Waals surface area contributed by atoms with Crippen LogP contribution in [0.25, 0.3) is 11.0 Å². The minimum atomic E-state index is -0.108. The van der Waals surface area contributed by atoms with Crippen molar-refractivity contribution in [2.24, 2.45) is 0 Å². The topological polar surface area (TPSA) is 61.4 Å². The highest BCUT2D eigenvalue weighted by Crippen LogP contribution is 2.21. The molecule has 138 valence electrons. The lowest BCUT2D eigenvalue weighted by molar-refractivity contribution is 0.143. The molecule has 1 aliphatic heterocycles. The number of aromatic nitrogens is 2. The molecule has 1 fully saturated rings. The summed E-state index contributed by atoms with van der Waals surface area (Å²) in [4.78, 5) is 25.3. The molecule has 0 aliphatic carbocycles. The molecule has 0 unspecified atom stereocenters. The summed E-state index contributed by atoms with van der Waals surface area (Å²) >= 11 is 6.11. The summed E-state index contributed by atoms with van der Waals surface area (Å²) in [5.41, 5.74) is 3.66. The number of carbonyl (C=O) groups is 1. The summed E-state index contributed by atoms with van der Waals surface area (Å²) in [6.07, 6.45) is 3.41. The summed E-state index contributed by atoms with van der Waals surface area (Å²) in [5, 5.41) is 3.43. The number of hydrogen-bond donors (Lipinski definition) is 1. The number of para-hydroxylation sites is 1. The third-order valence-corrected chi connectivity index (χ3v) is 5.04. The van der Waals surface area contributed by atoms with Crippen LogP contribution in [0.3, 0.4) is 0 Å². The Morgan fingerprint density at radius 2 is 1.74 bits per heavy atom. The molecule has 0 bridgehead atoms. The van der Waals surface area contributed by atoms with E-state index in [9.17, 15) is 4.79 Å². The van der Waals surface area contributed by atoms with Gasteiger partial charge < -0.3 is 10.2 Å². The van der Waals surface area contributed by atoms with Gasteiger partial charge in [0.2, 0.25) is 0 Å². The molecule has 0 saturated carbocycles. The molecule has 2 aromatic carbocycles. The van der Waals surface area contributed by atoms with E-state index < -0.39 is 0 Å². The lowest BCUT2D eigenvalue weighted by Gasteiger charge is -2.34. The molecule has 3 aromatic rings. The van der Waals surface area contributed by atoms with Crippen LogP contribution in [0.15, 0.2) is 54.9 Å². The summed E-state index contributed by atoms with van der Waals surface area (Å²) in [7, 11) is 0. The first-order valence-corrected chi connectivity index (χ1v) is 9.29. The van der Waals surface area contributed by atoms with Crippen molar-refractivity contribution in [3.8, 4) is 0 Å². The zero-order valence-corrected chi connectivity index (χ0v) is 15.6. The number of nitrogens with zero attached hydrogens (tertiary/aromatic N) is 4. The molecule has 2 amide bonds. The van der Waals surface area contributed by atoms with Gasteiger partial charge in [0.1, 0.15) is 0 Å². The van der Waals surface area contributed by atoms with Crippen molar-refractivity contribution in [1.82, 2.24) is 19.8 Å². The molecular formula is C20H20ClN5O. The fraction of sp³-hybridized carbons (Fsp3) is 0.250. The normalized spacial score (nSPS) is 15.1. The van der Waals surface area contributed by atoms with Crippen LogP contribution >= 0.6 is 11.6 Å². The quantitative estimate of drug-likeness (QED) is 0.752. The Morgan fingerprint density at radius 3 is 2.52 bits per heavy atom. The summed E-state index contributed by atoms with van der Waals surface area (Å²) < 4.78 is 0. The van der Waals surface area contributed by atoms with Crippen LogP contribution in [-0.2, 0) is 6.54 Å². The molecule has 0 radical (unpaired) electrons. The van der Waals surface area contributed by atoms with Gasteiger partial charge in [0.05, 0.1) is 21.7 Å². The SMILES string of the molecule is O=C(Nc1ccccc1Cl)N1CCN(Cc2ccc3nccnc3c2)CC1. The molecule has 1 N–H and O–H groups in total. The van der Waals surface area contributed by atoms with Crippen molar-refractivity contribution in [1.29, 1.82) is 0 Å². The lowest BCUT2D eigenvalue weighted by Crippen LogP contribution is -2.49. The van der Waals surface area contributed by atoms with E-state index in [0.29, 0.717) is 23.8 Å². The van der Waals surface area contributed by atoms with E-state index in [1.807, 2.05) is 23.1 Å². The number of piperazine rings is 1. The highest BCUT2D eigenvalue weighted by molar-refractivity contribution is 6.33. The van der Waals surface area contributed by atoms with Gasteiger partial charge in [0.25, 0.3) is 0 Å². The molecule has 0 spiro atoms. The number of rotatable bonds is 3. The Balaban J connectivity index is 1.33. The minimum Gasteiger partial charge on any atom is -0.322 e. The van der Waals surface area contributed by atoms with Crippen LogP contribution in [0.1, 0.15) is 5.56 Å². The second kappa shape index (κ2) is 7.90. The summed E-state index contributed by atoms with van der Waals surface area (Å²) in [6, 6.07) is 13.3. The van der Waals surface area contributed by atoms with E-state index in [-0.39, 0.29) is 6.03 Å². The first kappa shape index (κ1) is 17.7. The first-order valence-electron chi connectivity index (χ1n) is 8.91. The van der Waals surface area contributed by atoms with E-state index >= 15 is 0 Å². The number of hydrogen-bond acceptors (Lipinski definition) is 4. The molecule has 1 aromatic heterocycles. The number of anilines is 1. The predicted molar refractivity (Wildman–Crippen MR) is 107 cm³/mol. The third kappa shape index (κ3) is 4.18. The van der Waals surface area contributed by atoms with Gasteiger partial charge in [-0.2, -0.15) is 0 Å². The predicted octanol–water partition coefficient (Wildman–Crippen LogP) is 3.63. The van der Waals surface area contributed by atoms with Crippen molar-refractivity contribution < 1.29 is 4.79 Å². The van der Waals surface area contributed by atoms with Crippen molar-refractivity contribution in [2.45, 2.75) is 6.54 Å². The molecule has 0 atom stereocenters. The van der Waals surface area contributed by atoms with E-state index in [1.54, 1.807) is 24.5 Å². The Morgan fingerprint density at radius 1 is 1.00 bits per heavy atom. The molecule has 7 heteroatoms. The molecule has 27 heavy (non-hydrogen) atoms. The smallest absolute Gasteiger partial charge is 0.321 e. The van der Waals surface area contributed by atoms with Crippen LogP contribution in [0.2, 0.25) is 5.02 Å². The van der Waals surface area contributed by atoms with Crippen LogP contribution < -0.4 is 5.32 Å². The van der Waals surface area contributed by atoms with Gasteiger partial charge >= 0.3 is 6.03 Å². The van der Waals surface area contributed by atoms with Gasteiger partial charge in [-0.1, -0.05) is 29.8 Å². The fourth-order valence-electron chi connectivity index (χ4n) is 3.23. The standard InChI is InChI=1S/C20H20ClN5O/c21-16-3-1-2-4-17(16)24-20(27)26-11-9-25(10-12-26)14-15-5-6-18-19(13-15)23-8-7-22-18/h1-8,13H,9-12,14H2,(H,24,27). The van der Waals surface area contributed by atoms with E-state index in [0.717, 1.165) is 30.7 Å². The number of urea groups is 1. The van der Waals surface area contributed by atoms with Crippen molar-refractivity contribution in [2.75, 3.05) is 31.5 Å². The number of halogens is 1. The monoisotopic (exact) mass is 381 g/mol. The summed E-state index contributed by atoms with van der Waals surface area (Å²) in [6.45, 7) is 3.86. The number of fused-ring (bicyclic) bond motifs is 1.